The van der Waals surface area contributed by atoms with Gasteiger partial charge in [0, 0.05) is 36.5 Å². The maximum absolute atomic E-state index is 13.6. The van der Waals surface area contributed by atoms with Crippen molar-refractivity contribution in [1.29, 1.82) is 5.26 Å². The summed E-state index contributed by atoms with van der Waals surface area (Å²) in [5.74, 6) is 0.261. The molecule has 15 heteroatoms. The van der Waals surface area contributed by atoms with Gasteiger partial charge >= 0.3 is 0 Å². The number of nitrogens with zero attached hydrogens (tertiary/aromatic N) is 6. The van der Waals surface area contributed by atoms with Crippen LogP contribution in [-0.2, 0) is 31.3 Å². The standard InChI is InChI=1S/C26H31N7O5S3/c1-16(2)41(36,37)32-8-4-19(5-9-32)21-10-20(40(34,35)31-26(15-27)6-7-26)11-22-23(25-29-28-17(3)39-25)30-33(24(21)22)12-18-13-38-14-18/h4,10-11,16,18,31H,5-9,12-14H2,1-3H3. The van der Waals surface area contributed by atoms with E-state index >= 15 is 0 Å². The maximum atomic E-state index is 13.6. The Morgan fingerprint density at radius 3 is 2.51 bits per heavy atom. The van der Waals surface area contributed by atoms with Crippen LogP contribution in [0.2, 0.25) is 0 Å². The minimum absolute atomic E-state index is 0.0219. The van der Waals surface area contributed by atoms with E-state index in [9.17, 15) is 22.1 Å². The fourth-order valence-corrected chi connectivity index (χ4v) is 8.45. The molecule has 1 saturated carbocycles. The number of aryl methyl sites for hydroxylation is 1. The minimum atomic E-state index is -4.06. The molecule has 218 valence electrons. The number of sulfonamides is 2. The molecule has 0 amide bonds. The fraction of sp³-hybridized carbons (Fsp3) is 0.538. The molecule has 1 N–H and O–H groups in total. The first-order chi connectivity index (χ1) is 19.4. The SMILES string of the molecule is Cc1nnc(-c2nn(CC3COC3)c3c(C4=CCN(S(=O)(=O)C(C)C)CC4)cc(S(=O)(=O)NC4(C#N)CC4)cc23)s1. The quantitative estimate of drug-likeness (QED) is 0.381. The second-order valence-electron chi connectivity index (χ2n) is 11.2. The minimum Gasteiger partial charge on any atom is -0.381 e. The lowest BCUT2D eigenvalue weighted by atomic mass is 9.97. The average molecular weight is 618 g/mol. The number of aromatic nitrogens is 4. The molecule has 0 atom stereocenters. The third-order valence-electron chi connectivity index (χ3n) is 7.76. The van der Waals surface area contributed by atoms with Crippen molar-refractivity contribution in [3.05, 3.63) is 28.8 Å². The predicted molar refractivity (Wildman–Crippen MR) is 154 cm³/mol. The number of hydrogen-bond donors (Lipinski definition) is 1. The summed E-state index contributed by atoms with van der Waals surface area (Å²) in [6, 6.07) is 5.31. The van der Waals surface area contributed by atoms with Crippen molar-refractivity contribution in [2.75, 3.05) is 26.3 Å². The van der Waals surface area contributed by atoms with Crippen LogP contribution in [0.4, 0.5) is 0 Å². The molecule has 41 heavy (non-hydrogen) atoms. The Hall–Kier alpha value is -2.74. The number of ether oxygens (including phenoxy) is 1. The molecule has 2 aromatic heterocycles. The van der Waals surface area contributed by atoms with Gasteiger partial charge < -0.3 is 4.74 Å². The van der Waals surface area contributed by atoms with Crippen LogP contribution in [-0.4, -0.2) is 78.2 Å². The van der Waals surface area contributed by atoms with Gasteiger partial charge in [-0.1, -0.05) is 17.4 Å². The van der Waals surface area contributed by atoms with E-state index in [1.54, 1.807) is 26.0 Å². The molecule has 0 unspecified atom stereocenters. The van der Waals surface area contributed by atoms with Gasteiger partial charge in [0.25, 0.3) is 0 Å². The van der Waals surface area contributed by atoms with Crippen LogP contribution in [0.5, 0.6) is 0 Å². The van der Waals surface area contributed by atoms with Crippen molar-refractivity contribution in [2.45, 2.75) is 62.3 Å². The van der Waals surface area contributed by atoms with E-state index in [1.807, 2.05) is 17.7 Å². The van der Waals surface area contributed by atoms with Crippen LogP contribution in [0.25, 0.3) is 27.2 Å². The van der Waals surface area contributed by atoms with Gasteiger partial charge in [0.1, 0.15) is 16.2 Å². The molecule has 0 radical (unpaired) electrons. The highest BCUT2D eigenvalue weighted by atomic mass is 32.2. The number of rotatable bonds is 9. The van der Waals surface area contributed by atoms with Crippen molar-refractivity contribution >= 4 is 47.9 Å². The third-order valence-corrected chi connectivity index (χ3v) is 12.4. The van der Waals surface area contributed by atoms with Gasteiger partial charge in [-0.25, -0.2) is 16.8 Å². The lowest BCUT2D eigenvalue weighted by Crippen LogP contribution is -2.39. The Balaban J connectivity index is 1.54. The highest BCUT2D eigenvalue weighted by Crippen LogP contribution is 2.40. The van der Waals surface area contributed by atoms with Crippen LogP contribution in [0.1, 0.15) is 43.7 Å². The number of nitrogens with one attached hydrogen (secondary N) is 1. The topological polar surface area (TPSA) is 160 Å². The summed E-state index contributed by atoms with van der Waals surface area (Å²) in [5.41, 5.74) is 1.72. The molecule has 4 heterocycles. The summed E-state index contributed by atoms with van der Waals surface area (Å²) in [7, 11) is -7.50. The summed E-state index contributed by atoms with van der Waals surface area (Å²) in [5, 5.41) is 24.3. The van der Waals surface area contributed by atoms with E-state index in [-0.39, 0.29) is 23.9 Å². The molecule has 12 nitrogen and oxygen atoms in total. The van der Waals surface area contributed by atoms with Crippen LogP contribution >= 0.6 is 11.3 Å². The fourth-order valence-electron chi connectivity index (χ4n) is 5.11. The van der Waals surface area contributed by atoms with Crippen LogP contribution in [0, 0.1) is 24.2 Å². The predicted octanol–water partition coefficient (Wildman–Crippen LogP) is 2.67. The molecule has 2 fully saturated rings. The Bertz CT molecular complexity index is 1810. The van der Waals surface area contributed by atoms with Gasteiger partial charge in [0.05, 0.1) is 34.9 Å². The van der Waals surface area contributed by atoms with E-state index in [2.05, 4.69) is 21.0 Å². The van der Waals surface area contributed by atoms with Gasteiger partial charge in [0.15, 0.2) is 5.01 Å². The molecule has 3 aliphatic rings. The van der Waals surface area contributed by atoms with Crippen molar-refractivity contribution in [3.63, 3.8) is 0 Å². The summed E-state index contributed by atoms with van der Waals surface area (Å²) >= 11 is 1.37. The molecule has 0 bridgehead atoms. The second kappa shape index (κ2) is 10.2. The number of hydrogen-bond acceptors (Lipinski definition) is 10. The Kier molecular flexibility index (Phi) is 7.07. The van der Waals surface area contributed by atoms with Crippen LogP contribution in [0.15, 0.2) is 23.1 Å². The summed E-state index contributed by atoms with van der Waals surface area (Å²) in [6.07, 6.45) is 3.18. The molecule has 1 saturated heterocycles. The van der Waals surface area contributed by atoms with Crippen LogP contribution in [0.3, 0.4) is 0 Å². The largest absolute Gasteiger partial charge is 0.381 e. The molecular formula is C26H31N7O5S3. The van der Waals surface area contributed by atoms with Gasteiger partial charge in [-0.2, -0.15) is 19.4 Å². The highest BCUT2D eigenvalue weighted by molar-refractivity contribution is 7.90. The lowest BCUT2D eigenvalue weighted by Gasteiger charge is -2.28. The third kappa shape index (κ3) is 5.21. The van der Waals surface area contributed by atoms with Crippen molar-refractivity contribution in [2.24, 2.45) is 5.92 Å². The zero-order chi connectivity index (χ0) is 29.2. The van der Waals surface area contributed by atoms with Gasteiger partial charge in [-0.15, -0.1) is 10.2 Å². The number of nitriles is 1. The Labute approximate surface area is 243 Å². The zero-order valence-corrected chi connectivity index (χ0v) is 25.4. The first-order valence-electron chi connectivity index (χ1n) is 13.5. The van der Waals surface area contributed by atoms with Gasteiger partial charge in [0.2, 0.25) is 20.0 Å². The molecule has 3 aromatic rings. The molecule has 6 rings (SSSR count). The van der Waals surface area contributed by atoms with Crippen LogP contribution < -0.4 is 4.72 Å². The van der Waals surface area contributed by atoms with E-state index in [4.69, 9.17) is 9.84 Å². The monoisotopic (exact) mass is 617 g/mol. The zero-order valence-electron chi connectivity index (χ0n) is 23.0. The lowest BCUT2D eigenvalue weighted by molar-refractivity contribution is -0.0402. The summed E-state index contributed by atoms with van der Waals surface area (Å²) in [4.78, 5) is 0.0219. The molecule has 1 aliphatic carbocycles. The van der Waals surface area contributed by atoms with Gasteiger partial charge in [-0.05, 0) is 57.7 Å². The first-order valence-corrected chi connectivity index (χ1v) is 17.3. The number of benzene rings is 1. The molecule has 0 spiro atoms. The normalized spacial score (nSPS) is 19.7. The molecule has 1 aromatic carbocycles. The van der Waals surface area contributed by atoms with Crippen molar-refractivity contribution < 1.29 is 21.6 Å². The molecular weight excluding hydrogens is 587 g/mol. The summed E-state index contributed by atoms with van der Waals surface area (Å²) in [6.45, 7) is 7.44. The van der Waals surface area contributed by atoms with E-state index in [0.717, 1.165) is 16.1 Å². The smallest absolute Gasteiger partial charge is 0.241 e. The Morgan fingerprint density at radius 1 is 1.22 bits per heavy atom. The highest BCUT2D eigenvalue weighted by Gasteiger charge is 2.47. The number of fused-ring (bicyclic) bond motifs is 1. The van der Waals surface area contributed by atoms with E-state index in [1.165, 1.54) is 15.6 Å². The average Bonchev–Trinajstić information content (AvgIpc) is 3.38. The van der Waals surface area contributed by atoms with Crippen molar-refractivity contribution in [1.82, 2.24) is 29.0 Å². The van der Waals surface area contributed by atoms with Gasteiger partial charge in [-0.3, -0.25) is 4.68 Å². The van der Waals surface area contributed by atoms with E-state index < -0.39 is 30.8 Å². The van der Waals surface area contributed by atoms with E-state index in [0.29, 0.717) is 60.7 Å². The van der Waals surface area contributed by atoms with Crippen molar-refractivity contribution in [3.8, 4) is 16.8 Å². The first kappa shape index (κ1) is 28.4. The molecule has 2 aliphatic heterocycles. The maximum Gasteiger partial charge on any atom is 0.241 e. The summed E-state index contributed by atoms with van der Waals surface area (Å²) < 4.78 is 64.3. The second-order valence-corrected chi connectivity index (χ2v) is 16.5. The Morgan fingerprint density at radius 2 is 1.98 bits per heavy atom.